The highest BCUT2D eigenvalue weighted by Gasteiger charge is 2.07. The fraction of sp³-hybridized carbons (Fsp3) is 0.263. The van der Waals surface area contributed by atoms with E-state index < -0.39 is 0 Å². The first-order chi connectivity index (χ1) is 11.7. The summed E-state index contributed by atoms with van der Waals surface area (Å²) in [7, 11) is 0. The lowest BCUT2D eigenvalue weighted by molar-refractivity contribution is -0.121. The Morgan fingerprint density at radius 2 is 1.71 bits per heavy atom. The van der Waals surface area contributed by atoms with Gasteiger partial charge in [0, 0.05) is 5.69 Å². The van der Waals surface area contributed by atoms with Crippen molar-refractivity contribution in [2.45, 2.75) is 20.0 Å². The summed E-state index contributed by atoms with van der Waals surface area (Å²) in [6, 6.07) is 16.2. The first kappa shape index (κ1) is 17.7. The molecule has 2 aromatic carbocycles. The quantitative estimate of drug-likeness (QED) is 0.755. The van der Waals surface area contributed by atoms with Gasteiger partial charge in [-0.3, -0.25) is 4.79 Å². The molecule has 5 heteroatoms. The maximum Gasteiger partial charge on any atom is 0.338 e. The van der Waals surface area contributed by atoms with Crippen molar-refractivity contribution < 1.29 is 19.1 Å². The average molecular weight is 327 g/mol. The number of hydrogen-bond donors (Lipinski definition) is 1. The summed E-state index contributed by atoms with van der Waals surface area (Å²) in [5, 5.41) is 2.72. The Bertz CT molecular complexity index is 653. The van der Waals surface area contributed by atoms with Crippen LogP contribution in [-0.2, 0) is 20.9 Å². The van der Waals surface area contributed by atoms with Crippen LogP contribution in [0.4, 0.5) is 5.69 Å². The third-order valence-corrected chi connectivity index (χ3v) is 3.19. The number of esters is 1. The highest BCUT2D eigenvalue weighted by atomic mass is 16.5. The van der Waals surface area contributed by atoms with Crippen molar-refractivity contribution >= 4 is 17.6 Å². The number of carbonyl (C=O) groups is 2. The summed E-state index contributed by atoms with van der Waals surface area (Å²) in [6.07, 6.45) is 0.781. The van der Waals surface area contributed by atoms with Crippen LogP contribution in [0, 0.1) is 0 Å². The highest BCUT2D eigenvalue weighted by Crippen LogP contribution is 2.11. The lowest BCUT2D eigenvalue weighted by atomic mass is 10.2. The molecule has 2 aromatic rings. The smallest absolute Gasteiger partial charge is 0.338 e. The highest BCUT2D eigenvalue weighted by molar-refractivity contribution is 5.93. The largest absolute Gasteiger partial charge is 0.462 e. The van der Waals surface area contributed by atoms with Crippen LogP contribution < -0.4 is 5.32 Å². The standard InChI is InChI=1S/C19H21NO4/c1-2-12-24-19(22)16-8-10-17(11-9-16)20-18(21)14-23-13-15-6-4-3-5-7-15/h3-11H,2,12-14H2,1H3,(H,20,21). The molecule has 0 bridgehead atoms. The van der Waals surface area contributed by atoms with Gasteiger partial charge in [0.05, 0.1) is 18.8 Å². The summed E-state index contributed by atoms with van der Waals surface area (Å²) in [6.45, 7) is 2.69. The zero-order chi connectivity index (χ0) is 17.2. The molecule has 1 N–H and O–H groups in total. The van der Waals surface area contributed by atoms with Crippen LogP contribution in [0.1, 0.15) is 29.3 Å². The van der Waals surface area contributed by atoms with Crippen molar-refractivity contribution in [1.29, 1.82) is 0 Å². The van der Waals surface area contributed by atoms with Crippen molar-refractivity contribution in [1.82, 2.24) is 0 Å². The van der Waals surface area contributed by atoms with Gasteiger partial charge in [0.25, 0.3) is 0 Å². The Morgan fingerprint density at radius 3 is 2.38 bits per heavy atom. The second-order valence-electron chi connectivity index (χ2n) is 5.24. The van der Waals surface area contributed by atoms with E-state index in [1.807, 2.05) is 37.3 Å². The number of ether oxygens (including phenoxy) is 2. The van der Waals surface area contributed by atoms with Gasteiger partial charge in [-0.15, -0.1) is 0 Å². The van der Waals surface area contributed by atoms with Gasteiger partial charge in [0.2, 0.25) is 5.91 Å². The normalized spacial score (nSPS) is 10.2. The van der Waals surface area contributed by atoms with Gasteiger partial charge in [0.1, 0.15) is 6.61 Å². The van der Waals surface area contributed by atoms with E-state index in [0.717, 1.165) is 12.0 Å². The number of amides is 1. The van der Waals surface area contributed by atoms with Crippen LogP contribution in [-0.4, -0.2) is 25.1 Å². The van der Waals surface area contributed by atoms with E-state index in [2.05, 4.69) is 5.32 Å². The summed E-state index contributed by atoms with van der Waals surface area (Å²) >= 11 is 0. The van der Waals surface area contributed by atoms with Crippen molar-refractivity contribution in [3.63, 3.8) is 0 Å². The van der Waals surface area contributed by atoms with Gasteiger partial charge in [-0.25, -0.2) is 4.79 Å². The molecule has 24 heavy (non-hydrogen) atoms. The number of carbonyl (C=O) groups excluding carboxylic acids is 2. The second kappa shape index (κ2) is 9.47. The maximum absolute atomic E-state index is 11.8. The number of hydrogen-bond acceptors (Lipinski definition) is 4. The third-order valence-electron chi connectivity index (χ3n) is 3.19. The zero-order valence-corrected chi connectivity index (χ0v) is 13.7. The summed E-state index contributed by atoms with van der Waals surface area (Å²) in [4.78, 5) is 23.5. The SMILES string of the molecule is CCCOC(=O)c1ccc(NC(=O)COCc2ccccc2)cc1. The van der Waals surface area contributed by atoms with Gasteiger partial charge >= 0.3 is 5.97 Å². The molecule has 0 atom stereocenters. The van der Waals surface area contributed by atoms with Gasteiger partial charge in [-0.1, -0.05) is 37.3 Å². The first-order valence-electron chi connectivity index (χ1n) is 7.87. The van der Waals surface area contributed by atoms with Crippen molar-refractivity contribution in [2.75, 3.05) is 18.5 Å². The molecule has 0 heterocycles. The predicted octanol–water partition coefficient (Wildman–Crippen LogP) is 3.41. The molecule has 0 fully saturated rings. The van der Waals surface area contributed by atoms with Crippen LogP contribution in [0.3, 0.4) is 0 Å². The van der Waals surface area contributed by atoms with E-state index >= 15 is 0 Å². The topological polar surface area (TPSA) is 64.6 Å². The summed E-state index contributed by atoms with van der Waals surface area (Å²) < 4.78 is 10.4. The van der Waals surface area contributed by atoms with Crippen LogP contribution >= 0.6 is 0 Å². The summed E-state index contributed by atoms with van der Waals surface area (Å²) in [5.74, 6) is -0.604. The molecule has 0 aliphatic carbocycles. The maximum atomic E-state index is 11.8. The van der Waals surface area contributed by atoms with Crippen molar-refractivity contribution in [2.24, 2.45) is 0 Å². The Kier molecular flexibility index (Phi) is 6.98. The van der Waals surface area contributed by atoms with Crippen molar-refractivity contribution in [3.8, 4) is 0 Å². The van der Waals surface area contributed by atoms with E-state index in [4.69, 9.17) is 9.47 Å². The monoisotopic (exact) mass is 327 g/mol. The fourth-order valence-electron chi connectivity index (χ4n) is 2.00. The van der Waals surface area contributed by atoms with Crippen LogP contribution in [0.25, 0.3) is 0 Å². The molecule has 2 rings (SSSR count). The fourth-order valence-corrected chi connectivity index (χ4v) is 2.00. The summed E-state index contributed by atoms with van der Waals surface area (Å²) in [5.41, 5.74) is 2.08. The van der Waals surface area contributed by atoms with Gasteiger partial charge in [-0.2, -0.15) is 0 Å². The Balaban J connectivity index is 1.76. The van der Waals surface area contributed by atoms with E-state index in [9.17, 15) is 9.59 Å². The van der Waals surface area contributed by atoms with Crippen LogP contribution in [0.5, 0.6) is 0 Å². The lowest BCUT2D eigenvalue weighted by Gasteiger charge is -2.07. The molecule has 0 unspecified atom stereocenters. The average Bonchev–Trinajstić information content (AvgIpc) is 2.61. The molecule has 5 nitrogen and oxygen atoms in total. The molecule has 0 saturated heterocycles. The minimum absolute atomic E-state index is 0.0326. The molecule has 0 spiro atoms. The minimum atomic E-state index is -0.360. The Morgan fingerprint density at radius 1 is 1.00 bits per heavy atom. The van der Waals surface area contributed by atoms with E-state index in [-0.39, 0.29) is 18.5 Å². The number of benzene rings is 2. The van der Waals surface area contributed by atoms with Gasteiger partial charge in [-0.05, 0) is 36.2 Å². The van der Waals surface area contributed by atoms with E-state index in [0.29, 0.717) is 24.5 Å². The van der Waals surface area contributed by atoms with Gasteiger partial charge < -0.3 is 14.8 Å². The van der Waals surface area contributed by atoms with E-state index in [1.54, 1.807) is 24.3 Å². The minimum Gasteiger partial charge on any atom is -0.462 e. The zero-order valence-electron chi connectivity index (χ0n) is 13.7. The lowest BCUT2D eigenvalue weighted by Crippen LogP contribution is -2.18. The second-order valence-corrected chi connectivity index (χ2v) is 5.24. The molecular weight excluding hydrogens is 306 g/mol. The predicted molar refractivity (Wildman–Crippen MR) is 91.7 cm³/mol. The molecule has 1 amide bonds. The number of rotatable bonds is 8. The Labute approximate surface area is 141 Å². The Hall–Kier alpha value is -2.66. The molecular formula is C19H21NO4. The molecule has 0 saturated carbocycles. The molecule has 126 valence electrons. The first-order valence-corrected chi connectivity index (χ1v) is 7.87. The number of anilines is 1. The van der Waals surface area contributed by atoms with Crippen LogP contribution in [0.15, 0.2) is 54.6 Å². The van der Waals surface area contributed by atoms with E-state index in [1.165, 1.54) is 0 Å². The molecule has 0 aliphatic rings. The van der Waals surface area contributed by atoms with Gasteiger partial charge in [0.15, 0.2) is 0 Å². The third kappa shape index (κ3) is 5.85. The number of nitrogens with one attached hydrogen (secondary N) is 1. The molecule has 0 aliphatic heterocycles. The van der Waals surface area contributed by atoms with Crippen LogP contribution in [0.2, 0.25) is 0 Å². The van der Waals surface area contributed by atoms with Crippen molar-refractivity contribution in [3.05, 3.63) is 65.7 Å². The molecule has 0 aromatic heterocycles. The molecule has 0 radical (unpaired) electrons.